The molecule has 0 bridgehead atoms. The van der Waals surface area contributed by atoms with Crippen LogP contribution in [0, 0.1) is 11.7 Å². The minimum absolute atomic E-state index is 0.0430. The third kappa shape index (κ3) is 4.22. The quantitative estimate of drug-likeness (QED) is 0.839. The molecule has 0 spiro atoms. The highest BCUT2D eigenvalue weighted by atomic mass is 32.2. The molecule has 0 radical (unpaired) electrons. The molecule has 0 fully saturated rings. The molecular weight excluding hydrogens is 241 g/mol. The summed E-state index contributed by atoms with van der Waals surface area (Å²) in [7, 11) is 0. The smallest absolute Gasteiger partial charge is 0.255 e. The first-order chi connectivity index (χ1) is 8.04. The Bertz CT molecular complexity index is 400. The SMILES string of the molecule is CSCC(C)CNC(=O)c1cc(F)cnc1N. The predicted octanol–water partition coefficient (Wildman–Crippen LogP) is 1.53. The highest BCUT2D eigenvalue weighted by molar-refractivity contribution is 7.98. The number of hydrogen-bond acceptors (Lipinski definition) is 4. The second-order valence-corrected chi connectivity index (χ2v) is 4.77. The molecule has 1 aromatic rings. The number of thioether (sulfide) groups is 1. The van der Waals surface area contributed by atoms with E-state index in [2.05, 4.69) is 10.3 Å². The van der Waals surface area contributed by atoms with E-state index in [0.29, 0.717) is 12.5 Å². The van der Waals surface area contributed by atoms with Gasteiger partial charge in [-0.15, -0.1) is 0 Å². The van der Waals surface area contributed by atoms with Gasteiger partial charge in [-0.25, -0.2) is 9.37 Å². The number of nitrogens with one attached hydrogen (secondary N) is 1. The summed E-state index contributed by atoms with van der Waals surface area (Å²) < 4.78 is 12.9. The van der Waals surface area contributed by atoms with Crippen molar-refractivity contribution in [3.63, 3.8) is 0 Å². The van der Waals surface area contributed by atoms with Crippen LogP contribution in [0.4, 0.5) is 10.2 Å². The maximum absolute atomic E-state index is 12.9. The molecule has 1 atom stereocenters. The summed E-state index contributed by atoms with van der Waals surface area (Å²) >= 11 is 1.71. The van der Waals surface area contributed by atoms with Crippen LogP contribution in [-0.2, 0) is 0 Å². The van der Waals surface area contributed by atoms with E-state index in [1.165, 1.54) is 0 Å². The number of pyridine rings is 1. The lowest BCUT2D eigenvalue weighted by Gasteiger charge is -2.11. The van der Waals surface area contributed by atoms with Gasteiger partial charge >= 0.3 is 0 Å². The molecule has 0 aromatic carbocycles. The molecule has 1 unspecified atom stereocenters. The molecule has 0 aliphatic rings. The molecule has 0 saturated carbocycles. The number of nitrogen functional groups attached to an aromatic ring is 1. The Morgan fingerprint density at radius 1 is 1.71 bits per heavy atom. The molecule has 6 heteroatoms. The van der Waals surface area contributed by atoms with Crippen LogP contribution in [0.15, 0.2) is 12.3 Å². The second kappa shape index (κ2) is 6.44. The van der Waals surface area contributed by atoms with Crippen molar-refractivity contribution >= 4 is 23.5 Å². The first-order valence-corrected chi connectivity index (χ1v) is 6.62. The van der Waals surface area contributed by atoms with Gasteiger partial charge in [-0.05, 0) is 24.0 Å². The zero-order chi connectivity index (χ0) is 12.8. The van der Waals surface area contributed by atoms with E-state index in [4.69, 9.17) is 5.73 Å². The van der Waals surface area contributed by atoms with Gasteiger partial charge in [-0.2, -0.15) is 11.8 Å². The molecule has 4 nitrogen and oxygen atoms in total. The zero-order valence-corrected chi connectivity index (χ0v) is 10.7. The Labute approximate surface area is 104 Å². The van der Waals surface area contributed by atoms with E-state index in [0.717, 1.165) is 18.0 Å². The molecule has 0 aliphatic heterocycles. The summed E-state index contributed by atoms with van der Waals surface area (Å²) in [6.45, 7) is 2.57. The van der Waals surface area contributed by atoms with E-state index in [1.54, 1.807) is 11.8 Å². The van der Waals surface area contributed by atoms with Crippen LogP contribution in [0.1, 0.15) is 17.3 Å². The minimum atomic E-state index is -0.568. The lowest BCUT2D eigenvalue weighted by Crippen LogP contribution is -2.30. The maximum atomic E-state index is 12.9. The Morgan fingerprint density at radius 2 is 2.41 bits per heavy atom. The monoisotopic (exact) mass is 257 g/mol. The van der Waals surface area contributed by atoms with Crippen molar-refractivity contribution < 1.29 is 9.18 Å². The molecule has 3 N–H and O–H groups in total. The van der Waals surface area contributed by atoms with Gasteiger partial charge < -0.3 is 11.1 Å². The van der Waals surface area contributed by atoms with E-state index >= 15 is 0 Å². The molecule has 1 rings (SSSR count). The summed E-state index contributed by atoms with van der Waals surface area (Å²) in [5, 5.41) is 2.71. The van der Waals surface area contributed by atoms with Crippen molar-refractivity contribution in [3.05, 3.63) is 23.6 Å². The molecule has 17 heavy (non-hydrogen) atoms. The van der Waals surface area contributed by atoms with Gasteiger partial charge in [-0.3, -0.25) is 4.79 Å². The van der Waals surface area contributed by atoms with E-state index < -0.39 is 5.82 Å². The van der Waals surface area contributed by atoms with E-state index in [1.807, 2.05) is 13.2 Å². The average molecular weight is 257 g/mol. The third-order valence-corrected chi connectivity index (χ3v) is 3.09. The van der Waals surface area contributed by atoms with Gasteiger partial charge in [0, 0.05) is 6.54 Å². The van der Waals surface area contributed by atoms with E-state index in [9.17, 15) is 9.18 Å². The third-order valence-electron chi connectivity index (χ3n) is 2.19. The second-order valence-electron chi connectivity index (χ2n) is 3.86. The fourth-order valence-corrected chi connectivity index (χ4v) is 2.02. The standard InChI is InChI=1S/C11H16FN3OS/c1-7(6-17-2)4-15-11(16)9-3-8(12)5-14-10(9)13/h3,5,7H,4,6H2,1-2H3,(H2,13,14)(H,15,16). The fourth-order valence-electron chi connectivity index (χ4n) is 1.34. The molecule has 1 aromatic heterocycles. The number of anilines is 1. The largest absolute Gasteiger partial charge is 0.383 e. The average Bonchev–Trinajstić information content (AvgIpc) is 2.29. The first kappa shape index (κ1) is 13.8. The number of nitrogens with two attached hydrogens (primary N) is 1. The number of hydrogen-bond donors (Lipinski definition) is 2. The number of nitrogens with zero attached hydrogens (tertiary/aromatic N) is 1. The van der Waals surface area contributed by atoms with Gasteiger partial charge in [0.05, 0.1) is 11.8 Å². The summed E-state index contributed by atoms with van der Waals surface area (Å²) in [6.07, 6.45) is 3.00. The summed E-state index contributed by atoms with van der Waals surface area (Å²) in [4.78, 5) is 15.3. The molecular formula is C11H16FN3OS. The lowest BCUT2D eigenvalue weighted by molar-refractivity contribution is 0.0949. The van der Waals surface area contributed by atoms with Crippen molar-refractivity contribution in [1.29, 1.82) is 0 Å². The molecule has 1 amide bonds. The lowest BCUT2D eigenvalue weighted by atomic mass is 10.2. The van der Waals surface area contributed by atoms with E-state index in [-0.39, 0.29) is 17.3 Å². The van der Waals surface area contributed by atoms with Crippen molar-refractivity contribution in [2.75, 3.05) is 24.3 Å². The highest BCUT2D eigenvalue weighted by Crippen LogP contribution is 2.10. The van der Waals surface area contributed by atoms with Crippen molar-refractivity contribution in [2.45, 2.75) is 6.92 Å². The van der Waals surface area contributed by atoms with Gasteiger partial charge in [0.25, 0.3) is 5.91 Å². The van der Waals surface area contributed by atoms with Crippen LogP contribution in [0.2, 0.25) is 0 Å². The van der Waals surface area contributed by atoms with Gasteiger partial charge in [0.2, 0.25) is 0 Å². The number of carbonyl (C=O) groups is 1. The molecule has 0 saturated heterocycles. The van der Waals surface area contributed by atoms with Crippen LogP contribution in [-0.4, -0.2) is 29.4 Å². The Balaban J connectivity index is 2.61. The summed E-state index contributed by atoms with van der Waals surface area (Å²) in [5.74, 6) is 0.402. The molecule has 0 aliphatic carbocycles. The zero-order valence-electron chi connectivity index (χ0n) is 9.87. The fraction of sp³-hybridized carbons (Fsp3) is 0.455. The number of aromatic nitrogens is 1. The van der Waals surface area contributed by atoms with Gasteiger partial charge in [-0.1, -0.05) is 6.92 Å². The van der Waals surface area contributed by atoms with Crippen molar-refractivity contribution in [2.24, 2.45) is 5.92 Å². The van der Waals surface area contributed by atoms with Crippen LogP contribution in [0.25, 0.3) is 0 Å². The summed E-state index contributed by atoms with van der Waals surface area (Å²) in [5.41, 5.74) is 5.60. The minimum Gasteiger partial charge on any atom is -0.383 e. The van der Waals surface area contributed by atoms with Crippen LogP contribution < -0.4 is 11.1 Å². The van der Waals surface area contributed by atoms with Crippen molar-refractivity contribution in [3.8, 4) is 0 Å². The Kier molecular flexibility index (Phi) is 5.21. The number of carbonyl (C=O) groups excluding carboxylic acids is 1. The van der Waals surface area contributed by atoms with Crippen LogP contribution >= 0.6 is 11.8 Å². The maximum Gasteiger partial charge on any atom is 0.255 e. The molecule has 1 heterocycles. The number of amides is 1. The normalized spacial score (nSPS) is 12.2. The Morgan fingerprint density at radius 3 is 3.06 bits per heavy atom. The Hall–Kier alpha value is -1.30. The van der Waals surface area contributed by atoms with Crippen molar-refractivity contribution in [1.82, 2.24) is 10.3 Å². The topological polar surface area (TPSA) is 68.0 Å². The summed E-state index contributed by atoms with van der Waals surface area (Å²) in [6, 6.07) is 1.09. The van der Waals surface area contributed by atoms with Crippen LogP contribution in [0.3, 0.4) is 0 Å². The number of rotatable bonds is 5. The number of halogens is 1. The van der Waals surface area contributed by atoms with Gasteiger partial charge in [0.1, 0.15) is 11.6 Å². The first-order valence-electron chi connectivity index (χ1n) is 5.22. The highest BCUT2D eigenvalue weighted by Gasteiger charge is 2.12. The molecule has 94 valence electrons. The van der Waals surface area contributed by atoms with Crippen LogP contribution in [0.5, 0.6) is 0 Å². The predicted molar refractivity (Wildman–Crippen MR) is 68.5 cm³/mol. The van der Waals surface area contributed by atoms with Gasteiger partial charge in [0.15, 0.2) is 0 Å².